The lowest BCUT2D eigenvalue weighted by Gasteiger charge is -2.23. The number of aromatic hydroxyl groups is 2. The molecule has 4 heteroatoms. The first-order chi connectivity index (χ1) is 10.0. The van der Waals surface area contributed by atoms with Crippen LogP contribution in [0.3, 0.4) is 0 Å². The fraction of sp³-hybridized carbons (Fsp3) is 0.294. The molecule has 2 rings (SSSR count). The molecule has 2 aromatic rings. The highest BCUT2D eigenvalue weighted by molar-refractivity contribution is 6.30. The minimum atomic E-state index is -0.0359. The fourth-order valence-electron chi connectivity index (χ4n) is 2.43. The van der Waals surface area contributed by atoms with E-state index < -0.39 is 0 Å². The Morgan fingerprint density at radius 3 is 2.33 bits per heavy atom. The molecule has 0 aliphatic carbocycles. The molecule has 0 heterocycles. The Balaban J connectivity index is 2.15. The van der Waals surface area contributed by atoms with Crippen molar-refractivity contribution < 1.29 is 10.2 Å². The molecule has 2 aromatic carbocycles. The molecule has 0 fully saturated rings. The third kappa shape index (κ3) is 3.90. The summed E-state index contributed by atoms with van der Waals surface area (Å²) in [6, 6.07) is 12.6. The highest BCUT2D eigenvalue weighted by Gasteiger charge is 2.16. The van der Waals surface area contributed by atoms with E-state index in [2.05, 4.69) is 12.2 Å². The summed E-state index contributed by atoms with van der Waals surface area (Å²) in [5.41, 5.74) is 1.92. The van der Waals surface area contributed by atoms with E-state index in [1.54, 1.807) is 12.1 Å². The lowest BCUT2D eigenvalue weighted by atomic mass is 10.0. The van der Waals surface area contributed by atoms with Gasteiger partial charge in [0.15, 0.2) is 0 Å². The van der Waals surface area contributed by atoms with Crippen LogP contribution in [0.25, 0.3) is 0 Å². The monoisotopic (exact) mass is 305 g/mol. The van der Waals surface area contributed by atoms with Crippen molar-refractivity contribution in [1.82, 2.24) is 5.32 Å². The van der Waals surface area contributed by atoms with Crippen molar-refractivity contribution in [2.45, 2.75) is 32.4 Å². The first-order valence-electron chi connectivity index (χ1n) is 7.04. The van der Waals surface area contributed by atoms with Gasteiger partial charge in [0, 0.05) is 28.7 Å². The van der Waals surface area contributed by atoms with E-state index >= 15 is 0 Å². The summed E-state index contributed by atoms with van der Waals surface area (Å²) < 4.78 is 0. The number of phenols is 2. The van der Waals surface area contributed by atoms with E-state index in [1.165, 1.54) is 6.07 Å². The number of hydrogen-bond donors (Lipinski definition) is 3. The predicted octanol–water partition coefficient (Wildman–Crippen LogP) is 4.55. The Bertz CT molecular complexity index is 598. The number of hydrogen-bond acceptors (Lipinski definition) is 3. The molecular weight excluding hydrogens is 286 g/mol. The molecule has 112 valence electrons. The van der Waals surface area contributed by atoms with Crippen molar-refractivity contribution in [2.75, 3.05) is 0 Å². The van der Waals surface area contributed by atoms with Crippen molar-refractivity contribution >= 4 is 11.6 Å². The lowest BCUT2D eigenvalue weighted by Crippen LogP contribution is -2.24. The molecule has 21 heavy (non-hydrogen) atoms. The van der Waals surface area contributed by atoms with Gasteiger partial charge in [0.25, 0.3) is 0 Å². The molecule has 0 aliphatic heterocycles. The SMILES string of the molecule is CCC(NC(C)c1ccc(O)cc1O)c1ccc(Cl)cc1. The van der Waals surface area contributed by atoms with E-state index in [9.17, 15) is 10.2 Å². The number of rotatable bonds is 5. The van der Waals surface area contributed by atoms with Gasteiger partial charge in [0.2, 0.25) is 0 Å². The number of benzene rings is 2. The van der Waals surface area contributed by atoms with Crippen molar-refractivity contribution in [3.8, 4) is 11.5 Å². The summed E-state index contributed by atoms with van der Waals surface area (Å²) in [6.45, 7) is 4.10. The van der Waals surface area contributed by atoms with Crippen LogP contribution in [0.5, 0.6) is 11.5 Å². The topological polar surface area (TPSA) is 52.5 Å². The van der Waals surface area contributed by atoms with E-state index in [0.29, 0.717) is 0 Å². The molecule has 0 aliphatic rings. The van der Waals surface area contributed by atoms with Gasteiger partial charge in [-0.3, -0.25) is 0 Å². The normalized spacial score (nSPS) is 13.9. The summed E-state index contributed by atoms with van der Waals surface area (Å²) in [6.07, 6.45) is 0.921. The zero-order valence-electron chi connectivity index (χ0n) is 12.2. The molecule has 3 nitrogen and oxygen atoms in total. The van der Waals surface area contributed by atoms with E-state index in [-0.39, 0.29) is 23.6 Å². The lowest BCUT2D eigenvalue weighted by molar-refractivity contribution is 0.417. The Labute approximate surface area is 130 Å². The highest BCUT2D eigenvalue weighted by atomic mass is 35.5. The number of nitrogens with one attached hydrogen (secondary N) is 1. The van der Waals surface area contributed by atoms with Gasteiger partial charge in [-0.25, -0.2) is 0 Å². The third-order valence-corrected chi connectivity index (χ3v) is 3.86. The Morgan fingerprint density at radius 2 is 1.76 bits per heavy atom. The summed E-state index contributed by atoms with van der Waals surface area (Å²) in [5.74, 6) is 0.161. The maximum Gasteiger partial charge on any atom is 0.124 e. The maximum absolute atomic E-state index is 9.94. The quantitative estimate of drug-likeness (QED) is 0.759. The smallest absolute Gasteiger partial charge is 0.124 e. The van der Waals surface area contributed by atoms with Gasteiger partial charge < -0.3 is 15.5 Å². The molecule has 2 atom stereocenters. The van der Waals surface area contributed by atoms with Gasteiger partial charge in [-0.2, -0.15) is 0 Å². The van der Waals surface area contributed by atoms with Crippen LogP contribution in [0.15, 0.2) is 42.5 Å². The zero-order valence-corrected chi connectivity index (χ0v) is 12.9. The van der Waals surface area contributed by atoms with Gasteiger partial charge in [0.05, 0.1) is 0 Å². The molecule has 0 aromatic heterocycles. The summed E-state index contributed by atoms with van der Waals surface area (Å²) in [5, 5.41) is 23.5. The zero-order chi connectivity index (χ0) is 15.4. The van der Waals surface area contributed by atoms with Crippen LogP contribution >= 0.6 is 11.6 Å². The van der Waals surface area contributed by atoms with Gasteiger partial charge >= 0.3 is 0 Å². The average Bonchev–Trinajstić information content (AvgIpc) is 2.45. The maximum atomic E-state index is 9.94. The molecule has 0 radical (unpaired) electrons. The van der Waals surface area contributed by atoms with Gasteiger partial charge in [-0.05, 0) is 37.1 Å². The Kier molecular flexibility index (Phi) is 5.10. The van der Waals surface area contributed by atoms with Crippen LogP contribution in [-0.2, 0) is 0 Å². The van der Waals surface area contributed by atoms with Gasteiger partial charge in [0.1, 0.15) is 11.5 Å². The second-order valence-corrected chi connectivity index (χ2v) is 5.58. The second-order valence-electron chi connectivity index (χ2n) is 5.14. The molecule has 0 saturated carbocycles. The highest BCUT2D eigenvalue weighted by Crippen LogP contribution is 2.30. The third-order valence-electron chi connectivity index (χ3n) is 3.61. The minimum Gasteiger partial charge on any atom is -0.508 e. The van der Waals surface area contributed by atoms with Crippen molar-refractivity contribution in [3.05, 3.63) is 58.6 Å². The minimum absolute atomic E-state index is 0.0359. The van der Waals surface area contributed by atoms with Crippen LogP contribution in [0.2, 0.25) is 5.02 Å². The predicted molar refractivity (Wildman–Crippen MR) is 85.8 cm³/mol. The molecule has 0 spiro atoms. The summed E-state index contributed by atoms with van der Waals surface area (Å²) >= 11 is 5.92. The second kappa shape index (κ2) is 6.83. The summed E-state index contributed by atoms with van der Waals surface area (Å²) in [7, 11) is 0. The molecular formula is C17H20ClNO2. The van der Waals surface area contributed by atoms with Gasteiger partial charge in [-0.15, -0.1) is 0 Å². The summed E-state index contributed by atoms with van der Waals surface area (Å²) in [4.78, 5) is 0. The van der Waals surface area contributed by atoms with Crippen molar-refractivity contribution in [2.24, 2.45) is 0 Å². The van der Waals surface area contributed by atoms with Crippen molar-refractivity contribution in [3.63, 3.8) is 0 Å². The first kappa shape index (κ1) is 15.7. The van der Waals surface area contributed by atoms with Crippen molar-refractivity contribution in [1.29, 1.82) is 0 Å². The Morgan fingerprint density at radius 1 is 1.10 bits per heavy atom. The van der Waals surface area contributed by atoms with Gasteiger partial charge in [-0.1, -0.05) is 36.7 Å². The first-order valence-corrected chi connectivity index (χ1v) is 7.42. The average molecular weight is 306 g/mol. The fourth-order valence-corrected chi connectivity index (χ4v) is 2.56. The van der Waals surface area contributed by atoms with E-state index in [4.69, 9.17) is 11.6 Å². The van der Waals surface area contributed by atoms with Crippen LogP contribution in [-0.4, -0.2) is 10.2 Å². The van der Waals surface area contributed by atoms with E-state index in [0.717, 1.165) is 22.6 Å². The standard InChI is InChI=1S/C17H20ClNO2/c1-3-16(12-4-6-13(18)7-5-12)19-11(2)15-9-8-14(20)10-17(15)21/h4-11,16,19-21H,3H2,1-2H3. The van der Waals surface area contributed by atoms with Crippen LogP contribution < -0.4 is 5.32 Å². The van der Waals surface area contributed by atoms with Crippen LogP contribution in [0.4, 0.5) is 0 Å². The molecule has 0 bridgehead atoms. The van der Waals surface area contributed by atoms with Crippen LogP contribution in [0, 0.1) is 0 Å². The molecule has 2 unspecified atom stereocenters. The molecule has 0 amide bonds. The van der Waals surface area contributed by atoms with Crippen LogP contribution in [0.1, 0.15) is 43.5 Å². The molecule has 3 N–H and O–H groups in total. The number of halogens is 1. The largest absolute Gasteiger partial charge is 0.508 e. The molecule has 0 saturated heterocycles. The van der Waals surface area contributed by atoms with E-state index in [1.807, 2.05) is 31.2 Å². The Hall–Kier alpha value is -1.71. The number of phenolic OH excluding ortho intramolecular Hbond substituents is 2.